The highest BCUT2D eigenvalue weighted by Crippen LogP contribution is 2.49. The molecule has 0 radical (unpaired) electrons. The second kappa shape index (κ2) is 3.53. The molecule has 1 aliphatic carbocycles. The van der Waals surface area contributed by atoms with Gasteiger partial charge in [0.25, 0.3) is 0 Å². The maximum Gasteiger partial charge on any atom is 0.128 e. The van der Waals surface area contributed by atoms with Gasteiger partial charge in [-0.15, -0.1) is 0 Å². The lowest BCUT2D eigenvalue weighted by atomic mass is 9.99. The van der Waals surface area contributed by atoms with E-state index in [1.54, 1.807) is 0 Å². The topological polar surface area (TPSA) is 29.5 Å². The van der Waals surface area contributed by atoms with Crippen LogP contribution in [0.1, 0.15) is 36.5 Å². The summed E-state index contributed by atoms with van der Waals surface area (Å²) in [6.45, 7) is 6.74. The highest BCUT2D eigenvalue weighted by Gasteiger charge is 2.44. The molecule has 0 unspecified atom stereocenters. The van der Waals surface area contributed by atoms with Crippen molar-refractivity contribution in [3.05, 3.63) is 28.8 Å². The van der Waals surface area contributed by atoms with Crippen molar-refractivity contribution in [1.29, 1.82) is 0 Å². The van der Waals surface area contributed by atoms with Gasteiger partial charge in [-0.1, -0.05) is 12.1 Å². The summed E-state index contributed by atoms with van der Waals surface area (Å²) < 4.78 is 5.66. The van der Waals surface area contributed by atoms with Gasteiger partial charge in [0.05, 0.1) is 12.2 Å². The fourth-order valence-corrected chi connectivity index (χ4v) is 1.87. The number of benzene rings is 1. The molecule has 2 heteroatoms. The van der Waals surface area contributed by atoms with Crippen molar-refractivity contribution in [3.63, 3.8) is 0 Å². The molecule has 0 heterocycles. The van der Waals surface area contributed by atoms with Gasteiger partial charge in [0.15, 0.2) is 0 Å². The zero-order valence-corrected chi connectivity index (χ0v) is 9.63. The lowest BCUT2D eigenvalue weighted by Gasteiger charge is -2.18. The predicted octanol–water partition coefficient (Wildman–Crippen LogP) is 2.68. The van der Waals surface area contributed by atoms with E-state index in [9.17, 15) is 5.11 Å². The molecule has 15 heavy (non-hydrogen) atoms. The van der Waals surface area contributed by atoms with Gasteiger partial charge < -0.3 is 9.84 Å². The van der Waals surface area contributed by atoms with E-state index in [1.165, 1.54) is 5.56 Å². The van der Waals surface area contributed by atoms with E-state index < -0.39 is 5.60 Å². The summed E-state index contributed by atoms with van der Waals surface area (Å²) in [6, 6.07) is 4.06. The second-order valence-corrected chi connectivity index (χ2v) is 4.35. The Kier molecular flexibility index (Phi) is 2.47. The van der Waals surface area contributed by atoms with Gasteiger partial charge in [-0.25, -0.2) is 0 Å². The van der Waals surface area contributed by atoms with Crippen LogP contribution in [-0.2, 0) is 5.60 Å². The third-order valence-electron chi connectivity index (χ3n) is 3.19. The molecule has 1 aromatic rings. The Balaban J connectivity index is 2.49. The predicted molar refractivity (Wildman–Crippen MR) is 60.2 cm³/mol. The number of aliphatic hydroxyl groups is 1. The smallest absolute Gasteiger partial charge is 0.128 e. The number of hydrogen-bond acceptors (Lipinski definition) is 2. The summed E-state index contributed by atoms with van der Waals surface area (Å²) in [4.78, 5) is 0. The summed E-state index contributed by atoms with van der Waals surface area (Å²) in [6.07, 6.45) is 1.71. The van der Waals surface area contributed by atoms with Crippen LogP contribution >= 0.6 is 0 Å². The number of ether oxygens (including phenoxy) is 1. The molecule has 0 aliphatic heterocycles. The highest BCUT2D eigenvalue weighted by atomic mass is 16.5. The Morgan fingerprint density at radius 3 is 2.53 bits per heavy atom. The van der Waals surface area contributed by atoms with Gasteiger partial charge in [0.2, 0.25) is 0 Å². The van der Waals surface area contributed by atoms with E-state index in [2.05, 4.69) is 19.9 Å². The first-order valence-corrected chi connectivity index (χ1v) is 5.54. The second-order valence-electron chi connectivity index (χ2n) is 4.35. The third kappa shape index (κ3) is 1.74. The van der Waals surface area contributed by atoms with Crippen molar-refractivity contribution in [1.82, 2.24) is 0 Å². The first kappa shape index (κ1) is 10.5. The van der Waals surface area contributed by atoms with Crippen LogP contribution < -0.4 is 4.74 Å². The molecular formula is C13H18O2. The molecule has 1 aliphatic rings. The van der Waals surface area contributed by atoms with Crippen LogP contribution in [0.5, 0.6) is 5.75 Å². The van der Waals surface area contributed by atoms with E-state index in [0.717, 1.165) is 29.7 Å². The van der Waals surface area contributed by atoms with Crippen molar-refractivity contribution in [2.24, 2.45) is 0 Å². The number of hydrogen-bond donors (Lipinski definition) is 1. The van der Waals surface area contributed by atoms with E-state index >= 15 is 0 Å². The van der Waals surface area contributed by atoms with Crippen LogP contribution in [0.2, 0.25) is 0 Å². The minimum atomic E-state index is -0.608. The van der Waals surface area contributed by atoms with Crippen molar-refractivity contribution < 1.29 is 9.84 Å². The maximum atomic E-state index is 10.1. The fraction of sp³-hybridized carbons (Fsp3) is 0.538. The van der Waals surface area contributed by atoms with Gasteiger partial charge in [0, 0.05) is 5.56 Å². The molecule has 2 nitrogen and oxygen atoms in total. The largest absolute Gasteiger partial charge is 0.493 e. The van der Waals surface area contributed by atoms with Crippen molar-refractivity contribution in [2.45, 2.75) is 39.2 Å². The minimum absolute atomic E-state index is 0.608. The fourth-order valence-electron chi connectivity index (χ4n) is 1.87. The summed E-state index contributed by atoms with van der Waals surface area (Å²) in [5, 5.41) is 10.1. The summed E-state index contributed by atoms with van der Waals surface area (Å²) in [7, 11) is 0. The Bertz CT molecular complexity index is 378. The molecule has 0 bridgehead atoms. The summed E-state index contributed by atoms with van der Waals surface area (Å²) >= 11 is 0. The Morgan fingerprint density at radius 1 is 1.33 bits per heavy atom. The quantitative estimate of drug-likeness (QED) is 0.824. The van der Waals surface area contributed by atoms with Crippen molar-refractivity contribution in [3.8, 4) is 5.75 Å². The molecule has 1 aromatic carbocycles. The molecule has 1 N–H and O–H groups in total. The maximum absolute atomic E-state index is 10.1. The lowest BCUT2D eigenvalue weighted by molar-refractivity contribution is 0.146. The standard InChI is InChI=1S/C13H18O2/c1-4-15-12-10(3)9(2)5-6-11(12)13(14)7-8-13/h5-6,14H,4,7-8H2,1-3H3. The Hall–Kier alpha value is -1.02. The van der Waals surface area contributed by atoms with Gasteiger partial charge >= 0.3 is 0 Å². The molecule has 2 rings (SSSR count). The lowest BCUT2D eigenvalue weighted by Crippen LogP contribution is -2.09. The Labute approximate surface area is 90.9 Å². The van der Waals surface area contributed by atoms with Gasteiger partial charge in [-0.05, 0) is 44.7 Å². The van der Waals surface area contributed by atoms with Gasteiger partial charge in [0.1, 0.15) is 5.75 Å². The summed E-state index contributed by atoms with van der Waals surface area (Å²) in [5.41, 5.74) is 2.72. The molecule has 82 valence electrons. The minimum Gasteiger partial charge on any atom is -0.493 e. The monoisotopic (exact) mass is 206 g/mol. The van der Waals surface area contributed by atoms with Crippen LogP contribution in [0.25, 0.3) is 0 Å². The first-order valence-electron chi connectivity index (χ1n) is 5.54. The average molecular weight is 206 g/mol. The molecule has 0 amide bonds. The van der Waals surface area contributed by atoms with Crippen LogP contribution in [0.3, 0.4) is 0 Å². The van der Waals surface area contributed by atoms with E-state index in [1.807, 2.05) is 13.0 Å². The van der Waals surface area contributed by atoms with E-state index in [4.69, 9.17) is 4.74 Å². The average Bonchev–Trinajstić information content (AvgIpc) is 2.93. The molecule has 0 atom stereocenters. The molecule has 1 saturated carbocycles. The molecule has 1 fully saturated rings. The van der Waals surface area contributed by atoms with Crippen molar-refractivity contribution >= 4 is 0 Å². The van der Waals surface area contributed by atoms with Crippen LogP contribution in [0, 0.1) is 13.8 Å². The van der Waals surface area contributed by atoms with E-state index in [0.29, 0.717) is 6.61 Å². The van der Waals surface area contributed by atoms with Gasteiger partial charge in [-0.3, -0.25) is 0 Å². The zero-order valence-electron chi connectivity index (χ0n) is 9.63. The SMILES string of the molecule is CCOc1c(C2(O)CC2)ccc(C)c1C. The van der Waals surface area contributed by atoms with Crippen molar-refractivity contribution in [2.75, 3.05) is 6.61 Å². The number of aryl methyl sites for hydroxylation is 1. The summed E-state index contributed by atoms with van der Waals surface area (Å²) in [5.74, 6) is 0.887. The van der Waals surface area contributed by atoms with Crippen LogP contribution in [0.4, 0.5) is 0 Å². The molecule has 0 saturated heterocycles. The Morgan fingerprint density at radius 2 is 2.00 bits per heavy atom. The molecular weight excluding hydrogens is 188 g/mol. The first-order chi connectivity index (χ1) is 7.08. The van der Waals surface area contributed by atoms with Gasteiger partial charge in [-0.2, -0.15) is 0 Å². The molecule has 0 spiro atoms. The molecule has 0 aromatic heterocycles. The highest BCUT2D eigenvalue weighted by molar-refractivity contribution is 5.49. The number of rotatable bonds is 3. The van der Waals surface area contributed by atoms with E-state index in [-0.39, 0.29) is 0 Å². The zero-order chi connectivity index (χ0) is 11.1. The third-order valence-corrected chi connectivity index (χ3v) is 3.19. The van der Waals surface area contributed by atoms with Crippen LogP contribution in [-0.4, -0.2) is 11.7 Å². The normalized spacial score (nSPS) is 17.6. The van der Waals surface area contributed by atoms with Crippen LogP contribution in [0.15, 0.2) is 12.1 Å².